The van der Waals surface area contributed by atoms with Crippen molar-refractivity contribution in [2.45, 2.75) is 6.92 Å². The molecule has 0 aliphatic carbocycles. The number of aromatic amines is 1. The SMILES string of the molecule is Cc1cc2cccc(F)c2[nH]c1=O. The molecule has 0 unspecified atom stereocenters. The van der Waals surface area contributed by atoms with Crippen LogP contribution in [0.25, 0.3) is 10.9 Å². The van der Waals surface area contributed by atoms with Crippen molar-refractivity contribution in [3.63, 3.8) is 0 Å². The normalized spacial score (nSPS) is 10.6. The van der Waals surface area contributed by atoms with Gasteiger partial charge in [-0.2, -0.15) is 0 Å². The Morgan fingerprint density at radius 3 is 2.92 bits per heavy atom. The lowest BCUT2D eigenvalue weighted by atomic mass is 10.2. The molecule has 0 saturated heterocycles. The smallest absolute Gasteiger partial charge is 0.251 e. The van der Waals surface area contributed by atoms with Crippen molar-refractivity contribution in [3.8, 4) is 0 Å². The largest absolute Gasteiger partial charge is 0.319 e. The van der Waals surface area contributed by atoms with Gasteiger partial charge in [0.15, 0.2) is 0 Å². The highest BCUT2D eigenvalue weighted by molar-refractivity contribution is 5.79. The van der Waals surface area contributed by atoms with Gasteiger partial charge in [-0.1, -0.05) is 12.1 Å². The number of H-pyrrole nitrogens is 1. The number of fused-ring (bicyclic) bond motifs is 1. The minimum Gasteiger partial charge on any atom is -0.319 e. The van der Waals surface area contributed by atoms with E-state index >= 15 is 0 Å². The molecule has 3 heteroatoms. The first kappa shape index (κ1) is 7.98. The maximum atomic E-state index is 13.1. The Bertz CT molecular complexity index is 516. The van der Waals surface area contributed by atoms with Gasteiger partial charge in [0.2, 0.25) is 0 Å². The van der Waals surface area contributed by atoms with Gasteiger partial charge in [-0.05, 0) is 19.1 Å². The Morgan fingerprint density at radius 2 is 2.15 bits per heavy atom. The van der Waals surface area contributed by atoms with Crippen molar-refractivity contribution in [1.82, 2.24) is 4.98 Å². The number of hydrogen-bond donors (Lipinski definition) is 1. The van der Waals surface area contributed by atoms with Crippen LogP contribution in [0.4, 0.5) is 4.39 Å². The summed E-state index contributed by atoms with van der Waals surface area (Å²) in [5.41, 5.74) is 0.633. The van der Waals surface area contributed by atoms with Crippen molar-refractivity contribution >= 4 is 10.9 Å². The van der Waals surface area contributed by atoms with Gasteiger partial charge < -0.3 is 4.98 Å². The quantitative estimate of drug-likeness (QED) is 0.655. The maximum absolute atomic E-state index is 13.1. The van der Waals surface area contributed by atoms with Crippen molar-refractivity contribution < 1.29 is 4.39 Å². The minimum absolute atomic E-state index is 0.238. The van der Waals surface area contributed by atoms with E-state index in [0.29, 0.717) is 5.56 Å². The lowest BCUT2D eigenvalue weighted by molar-refractivity contribution is 0.636. The minimum atomic E-state index is -0.394. The first-order valence-corrected chi connectivity index (χ1v) is 3.96. The number of rotatable bonds is 0. The lowest BCUT2D eigenvalue weighted by Crippen LogP contribution is -2.09. The van der Waals surface area contributed by atoms with Gasteiger partial charge in [0.1, 0.15) is 5.82 Å². The highest BCUT2D eigenvalue weighted by Gasteiger charge is 2.01. The number of nitrogens with one attached hydrogen (secondary N) is 1. The molecule has 0 atom stereocenters. The van der Waals surface area contributed by atoms with Gasteiger partial charge in [0.25, 0.3) is 5.56 Å². The molecule has 13 heavy (non-hydrogen) atoms. The van der Waals surface area contributed by atoms with E-state index in [-0.39, 0.29) is 11.1 Å². The number of hydrogen-bond acceptors (Lipinski definition) is 1. The van der Waals surface area contributed by atoms with Crippen LogP contribution in [0, 0.1) is 12.7 Å². The van der Waals surface area contributed by atoms with Crippen LogP contribution in [0.5, 0.6) is 0 Å². The van der Waals surface area contributed by atoms with Gasteiger partial charge in [-0.3, -0.25) is 4.79 Å². The summed E-state index contributed by atoms with van der Waals surface area (Å²) in [4.78, 5) is 13.7. The molecule has 0 radical (unpaired) electrons. The van der Waals surface area contributed by atoms with Crippen LogP contribution in [-0.4, -0.2) is 4.98 Å². The van der Waals surface area contributed by atoms with Crippen LogP contribution in [0.2, 0.25) is 0 Å². The molecule has 2 rings (SSSR count). The molecule has 2 aromatic rings. The summed E-state index contributed by atoms with van der Waals surface area (Å²) in [6.07, 6.45) is 0. The zero-order chi connectivity index (χ0) is 9.42. The molecule has 2 nitrogen and oxygen atoms in total. The first-order chi connectivity index (χ1) is 6.18. The molecule has 1 N–H and O–H groups in total. The molecule has 1 heterocycles. The summed E-state index contributed by atoms with van der Waals surface area (Å²) in [5, 5.41) is 0.720. The average molecular weight is 177 g/mol. The van der Waals surface area contributed by atoms with Crippen LogP contribution < -0.4 is 5.56 Å². The number of pyridine rings is 1. The van der Waals surface area contributed by atoms with Gasteiger partial charge in [-0.15, -0.1) is 0 Å². The second-order valence-corrected chi connectivity index (χ2v) is 2.99. The van der Waals surface area contributed by atoms with Crippen molar-refractivity contribution in [2.24, 2.45) is 0 Å². The van der Waals surface area contributed by atoms with E-state index in [1.807, 2.05) is 0 Å². The lowest BCUT2D eigenvalue weighted by Gasteiger charge is -1.99. The van der Waals surface area contributed by atoms with E-state index in [2.05, 4.69) is 4.98 Å². The third kappa shape index (κ3) is 1.22. The van der Waals surface area contributed by atoms with Gasteiger partial charge in [-0.25, -0.2) is 4.39 Å². The molecule has 66 valence electrons. The molecule has 0 fully saturated rings. The fraction of sp³-hybridized carbons (Fsp3) is 0.100. The third-order valence-electron chi connectivity index (χ3n) is 2.01. The average Bonchev–Trinajstić information content (AvgIpc) is 2.09. The van der Waals surface area contributed by atoms with Crippen LogP contribution in [0.1, 0.15) is 5.56 Å². The summed E-state index contributed by atoms with van der Waals surface area (Å²) in [6.45, 7) is 1.70. The molecule has 0 spiro atoms. The number of halogens is 1. The van der Waals surface area contributed by atoms with Crippen LogP contribution >= 0.6 is 0 Å². The predicted octanol–water partition coefficient (Wildman–Crippen LogP) is 1.98. The molecule has 0 bridgehead atoms. The predicted molar refractivity (Wildman–Crippen MR) is 49.3 cm³/mol. The summed E-state index contributed by atoms with van der Waals surface area (Å²) in [6, 6.07) is 6.39. The fourth-order valence-electron chi connectivity index (χ4n) is 1.30. The monoisotopic (exact) mass is 177 g/mol. The Labute approximate surface area is 74.0 Å². The molecule has 1 aromatic carbocycles. The number of benzene rings is 1. The van der Waals surface area contributed by atoms with E-state index in [9.17, 15) is 9.18 Å². The number of aryl methyl sites for hydroxylation is 1. The second kappa shape index (κ2) is 2.69. The Kier molecular flexibility index (Phi) is 1.65. The summed E-state index contributed by atoms with van der Waals surface area (Å²) < 4.78 is 13.1. The van der Waals surface area contributed by atoms with E-state index in [1.54, 1.807) is 25.1 Å². The van der Waals surface area contributed by atoms with E-state index in [4.69, 9.17) is 0 Å². The number of aromatic nitrogens is 1. The van der Waals surface area contributed by atoms with Crippen molar-refractivity contribution in [2.75, 3.05) is 0 Å². The first-order valence-electron chi connectivity index (χ1n) is 3.96. The van der Waals surface area contributed by atoms with Gasteiger partial charge >= 0.3 is 0 Å². The van der Waals surface area contributed by atoms with Gasteiger partial charge in [0, 0.05) is 10.9 Å². The fourth-order valence-corrected chi connectivity index (χ4v) is 1.30. The highest BCUT2D eigenvalue weighted by atomic mass is 19.1. The van der Waals surface area contributed by atoms with E-state index in [0.717, 1.165) is 5.39 Å². The van der Waals surface area contributed by atoms with Crippen LogP contribution in [-0.2, 0) is 0 Å². The van der Waals surface area contributed by atoms with Crippen LogP contribution in [0.15, 0.2) is 29.1 Å². The molecule has 0 amide bonds. The van der Waals surface area contributed by atoms with Crippen LogP contribution in [0.3, 0.4) is 0 Å². The Balaban J connectivity index is 2.97. The zero-order valence-corrected chi connectivity index (χ0v) is 7.10. The van der Waals surface area contributed by atoms with Gasteiger partial charge in [0.05, 0.1) is 5.52 Å². The molecular weight excluding hydrogens is 169 g/mol. The van der Waals surface area contributed by atoms with Crippen molar-refractivity contribution in [3.05, 3.63) is 46.0 Å². The second-order valence-electron chi connectivity index (χ2n) is 2.99. The topological polar surface area (TPSA) is 32.9 Å². The third-order valence-corrected chi connectivity index (χ3v) is 2.01. The maximum Gasteiger partial charge on any atom is 0.251 e. The van der Waals surface area contributed by atoms with E-state index in [1.165, 1.54) is 6.07 Å². The summed E-state index contributed by atoms with van der Waals surface area (Å²) in [7, 11) is 0. The molecule has 0 aliphatic heterocycles. The van der Waals surface area contributed by atoms with E-state index < -0.39 is 5.82 Å². The molecule has 1 aromatic heterocycles. The van der Waals surface area contributed by atoms with Crippen molar-refractivity contribution in [1.29, 1.82) is 0 Å². The number of para-hydroxylation sites is 1. The standard InChI is InChI=1S/C10H8FNO/c1-6-5-7-3-2-4-8(11)9(7)12-10(6)13/h2-5H,1H3,(H,12,13). The zero-order valence-electron chi connectivity index (χ0n) is 7.10. The highest BCUT2D eigenvalue weighted by Crippen LogP contribution is 2.13. The molecule has 0 saturated carbocycles. The Hall–Kier alpha value is -1.64. The Morgan fingerprint density at radius 1 is 1.38 bits per heavy atom. The molecule has 0 aliphatic rings. The summed E-state index contributed by atoms with van der Waals surface area (Å²) in [5.74, 6) is -0.394. The molecular formula is C10H8FNO. The summed E-state index contributed by atoms with van der Waals surface area (Å²) >= 11 is 0.